The zero-order valence-corrected chi connectivity index (χ0v) is 8.73. The van der Waals surface area contributed by atoms with E-state index in [1.807, 2.05) is 0 Å². The van der Waals surface area contributed by atoms with Gasteiger partial charge in [0.2, 0.25) is 0 Å². The Hall–Kier alpha value is 0.832. The van der Waals surface area contributed by atoms with Crippen LogP contribution >= 0.6 is 0 Å². The molecule has 0 aliphatic heterocycles. The van der Waals surface area contributed by atoms with E-state index in [1.165, 1.54) is 0 Å². The Bertz CT molecular complexity index is 90.7. The summed E-state index contributed by atoms with van der Waals surface area (Å²) in [5.41, 5.74) is 0. The fourth-order valence-corrected chi connectivity index (χ4v) is 0. The average Bonchev–Trinajstić information content (AvgIpc) is 0.722. The minimum absolute atomic E-state index is 0. The van der Waals surface area contributed by atoms with Crippen molar-refractivity contribution in [2.75, 3.05) is 0 Å². The van der Waals surface area contributed by atoms with Crippen LogP contribution in [0, 0.1) is 0 Å². The van der Waals surface area contributed by atoms with Crippen LogP contribution in [0.1, 0.15) is 0 Å². The summed E-state index contributed by atoms with van der Waals surface area (Å²) >= 11 is -5.67. The summed E-state index contributed by atoms with van der Waals surface area (Å²) < 4.78 is 32.1. The first-order valence-corrected chi connectivity index (χ1v) is 5.72. The predicted molar refractivity (Wildman–Crippen MR) is 5.81 cm³/mol. The largest absolute Gasteiger partial charge is 0 e. The number of rotatable bonds is 0. The standard InChI is InChI=1S/2H2O.2O.W.Zn/h2*1H2;;;;/q;;;;+2;/p-2. The van der Waals surface area contributed by atoms with E-state index in [0.717, 1.165) is 0 Å². The summed E-state index contributed by atoms with van der Waals surface area (Å²) in [7, 11) is 0. The summed E-state index contributed by atoms with van der Waals surface area (Å²) in [5.74, 6) is 0. The third-order valence-corrected chi connectivity index (χ3v) is 0. The molecule has 0 aromatic heterocycles. The fourth-order valence-electron chi connectivity index (χ4n) is 0. The third-order valence-electron chi connectivity index (χ3n) is 0. The Morgan fingerprint density at radius 2 is 1.17 bits per heavy atom. The van der Waals surface area contributed by atoms with Crippen molar-refractivity contribution in [1.29, 1.82) is 0 Å². The molecule has 2 N–H and O–H groups in total. The Balaban J connectivity index is 0. The van der Waals surface area contributed by atoms with Crippen LogP contribution in [0.15, 0.2) is 0 Å². The Labute approximate surface area is 50.7 Å². The van der Waals surface area contributed by atoms with E-state index < -0.39 is 16.7 Å². The molecule has 6 heavy (non-hydrogen) atoms. The van der Waals surface area contributed by atoms with Gasteiger partial charge in [0.15, 0.2) is 0 Å². The van der Waals surface area contributed by atoms with Crippen LogP contribution in [0.2, 0.25) is 0 Å². The van der Waals surface area contributed by atoms with Crippen LogP contribution in [0.4, 0.5) is 0 Å². The maximum atomic E-state index is 8.87. The maximum Gasteiger partial charge on any atom is 0 e. The van der Waals surface area contributed by atoms with Crippen molar-refractivity contribution >= 4 is 0 Å². The van der Waals surface area contributed by atoms with Gasteiger partial charge < -0.3 is 0 Å². The van der Waals surface area contributed by atoms with Gasteiger partial charge in [-0.3, -0.25) is 0 Å². The van der Waals surface area contributed by atoms with Gasteiger partial charge in [0.05, 0.1) is 0 Å². The molecule has 0 unspecified atom stereocenters. The zero-order chi connectivity index (χ0) is 4.50. The van der Waals surface area contributed by atoms with E-state index in [2.05, 4.69) is 0 Å². The molecule has 0 radical (unpaired) electrons. The second-order valence-corrected chi connectivity index (χ2v) is 3.67. The van der Waals surface area contributed by atoms with Crippen LogP contribution in [-0.4, -0.2) is 7.52 Å². The van der Waals surface area contributed by atoms with Gasteiger partial charge in [-0.15, -0.1) is 0 Å². The maximum absolute atomic E-state index is 8.87. The average molecular weight is 315 g/mol. The first-order chi connectivity index (χ1) is 2.00. The van der Waals surface area contributed by atoms with Crippen molar-refractivity contribution in [3.8, 4) is 0 Å². The molecule has 0 heterocycles. The van der Waals surface area contributed by atoms with Crippen molar-refractivity contribution in [3.63, 3.8) is 0 Å². The van der Waals surface area contributed by atoms with E-state index >= 15 is 0 Å². The molecular weight excluding hydrogens is 313 g/mol. The van der Waals surface area contributed by atoms with Crippen molar-refractivity contribution in [2.45, 2.75) is 0 Å². The molecule has 0 saturated heterocycles. The third kappa shape index (κ3) is 103. The van der Waals surface area contributed by atoms with Crippen molar-refractivity contribution < 1.29 is 50.5 Å². The molecule has 0 spiro atoms. The normalized spacial score (nSPS) is 9.67. The van der Waals surface area contributed by atoms with Crippen LogP contribution in [-0.2, 0) is 43.0 Å². The molecular formula is H2O4WZn. The molecule has 34 valence electrons. The molecule has 0 saturated carbocycles. The Kier molecular flexibility index (Phi) is 4.84. The van der Waals surface area contributed by atoms with E-state index in [4.69, 9.17) is 14.3 Å². The zero-order valence-electron chi connectivity index (χ0n) is 2.83. The number of hydrogen-bond acceptors (Lipinski definition) is 2. The van der Waals surface area contributed by atoms with Gasteiger partial charge in [0, 0.05) is 19.5 Å². The summed E-state index contributed by atoms with van der Waals surface area (Å²) in [6.07, 6.45) is 0. The molecule has 4 nitrogen and oxygen atoms in total. The second kappa shape index (κ2) is 2.92. The van der Waals surface area contributed by atoms with Gasteiger partial charge in [-0.2, -0.15) is 0 Å². The fraction of sp³-hybridized carbons (Fsp3) is 0. The molecule has 0 aliphatic rings. The number of hydrogen-bond donors (Lipinski definition) is 2. The summed E-state index contributed by atoms with van der Waals surface area (Å²) in [5, 5.41) is 0. The molecule has 6 heteroatoms. The first-order valence-electron chi connectivity index (χ1n) is 0.698. The van der Waals surface area contributed by atoms with Crippen LogP contribution in [0.25, 0.3) is 0 Å². The second-order valence-electron chi connectivity index (χ2n) is 0.448. The molecule has 0 aromatic rings. The minimum Gasteiger partial charge on any atom is 0 e. The van der Waals surface area contributed by atoms with Gasteiger partial charge >= 0.3 is 31.1 Å². The first kappa shape index (κ1) is 9.95. The van der Waals surface area contributed by atoms with E-state index in [0.29, 0.717) is 0 Å². The van der Waals surface area contributed by atoms with Gasteiger partial charge in [-0.1, -0.05) is 0 Å². The predicted octanol–water partition coefficient (Wildman–Crippen LogP) is -1.36. The van der Waals surface area contributed by atoms with Crippen molar-refractivity contribution in [1.82, 2.24) is 0 Å². The Morgan fingerprint density at radius 3 is 1.17 bits per heavy atom. The van der Waals surface area contributed by atoms with Gasteiger partial charge in [-0.05, 0) is 0 Å². The molecule has 0 amide bonds. The van der Waals surface area contributed by atoms with Crippen LogP contribution < -0.4 is 0 Å². The summed E-state index contributed by atoms with van der Waals surface area (Å²) in [6, 6.07) is 0. The molecule has 0 aromatic carbocycles. The molecule has 0 bridgehead atoms. The topological polar surface area (TPSA) is 74.6 Å². The van der Waals surface area contributed by atoms with Crippen LogP contribution in [0.5, 0.6) is 0 Å². The van der Waals surface area contributed by atoms with Crippen LogP contribution in [0.3, 0.4) is 0 Å². The van der Waals surface area contributed by atoms with E-state index in [9.17, 15) is 0 Å². The quantitative estimate of drug-likeness (QED) is 0.542. The van der Waals surface area contributed by atoms with Crippen molar-refractivity contribution in [2.24, 2.45) is 0 Å². The smallest absolute Gasteiger partial charge is 0 e. The van der Waals surface area contributed by atoms with Gasteiger partial charge in [0.1, 0.15) is 0 Å². The summed E-state index contributed by atoms with van der Waals surface area (Å²) in [4.78, 5) is 0. The van der Waals surface area contributed by atoms with E-state index in [1.54, 1.807) is 0 Å². The molecule has 0 aliphatic carbocycles. The van der Waals surface area contributed by atoms with Gasteiger partial charge in [0.25, 0.3) is 0 Å². The monoisotopic (exact) mass is 314 g/mol. The SMILES string of the molecule is [O]=[W](=[O])([OH])[OH].[Zn]. The molecule has 0 fully saturated rings. The molecule has 0 rings (SSSR count). The van der Waals surface area contributed by atoms with Gasteiger partial charge in [-0.25, -0.2) is 0 Å². The van der Waals surface area contributed by atoms with E-state index in [-0.39, 0.29) is 19.5 Å². The Morgan fingerprint density at radius 1 is 1.17 bits per heavy atom. The van der Waals surface area contributed by atoms with Crippen molar-refractivity contribution in [3.05, 3.63) is 0 Å². The summed E-state index contributed by atoms with van der Waals surface area (Å²) in [6.45, 7) is 0. The molecule has 0 atom stereocenters. The minimum atomic E-state index is -5.67.